The van der Waals surface area contributed by atoms with Crippen molar-refractivity contribution in [3.8, 4) is 0 Å². The quantitative estimate of drug-likeness (QED) is 0.414. The highest BCUT2D eigenvalue weighted by molar-refractivity contribution is 6.01. The van der Waals surface area contributed by atoms with Crippen LogP contribution in [0.1, 0.15) is 72.1 Å². The third-order valence-corrected chi connectivity index (χ3v) is 11.2. The highest BCUT2D eigenvalue weighted by Gasteiger charge is 2.75. The van der Waals surface area contributed by atoms with E-state index in [1.54, 1.807) is 12.2 Å². The summed E-state index contributed by atoms with van der Waals surface area (Å²) < 4.78 is 24.4. The number of rotatable bonds is 7. The first kappa shape index (κ1) is 29.1. The fraction of sp³-hybridized carbons (Fsp3) is 0.774. The average molecular weight is 575 g/mol. The Labute approximate surface area is 240 Å². The molecule has 10 nitrogen and oxygen atoms in total. The molecule has 3 N–H and O–H groups in total. The van der Waals surface area contributed by atoms with Crippen LogP contribution in [0, 0.1) is 28.6 Å². The molecule has 226 valence electrons. The van der Waals surface area contributed by atoms with Crippen molar-refractivity contribution in [3.63, 3.8) is 0 Å². The van der Waals surface area contributed by atoms with Crippen molar-refractivity contribution in [3.05, 3.63) is 23.8 Å². The number of fused-ring (bicyclic) bond motifs is 7. The summed E-state index contributed by atoms with van der Waals surface area (Å²) in [6.45, 7) is 5.80. The minimum absolute atomic E-state index is 0.0149. The highest BCUT2D eigenvalue weighted by Crippen LogP contribution is 2.69. The second-order valence-corrected chi connectivity index (χ2v) is 13.4. The lowest BCUT2D eigenvalue weighted by Crippen LogP contribution is -2.63. The third-order valence-electron chi connectivity index (χ3n) is 11.2. The van der Waals surface area contributed by atoms with E-state index in [1.165, 1.54) is 0 Å². The number of ketones is 2. The van der Waals surface area contributed by atoms with E-state index >= 15 is 0 Å². The summed E-state index contributed by atoms with van der Waals surface area (Å²) in [7, 11) is 0. The van der Waals surface area contributed by atoms with E-state index in [9.17, 15) is 29.7 Å². The fourth-order valence-corrected chi connectivity index (χ4v) is 9.41. The average Bonchev–Trinajstić information content (AvgIpc) is 3.39. The highest BCUT2D eigenvalue weighted by atomic mass is 16.7. The number of ether oxygens (including phenoxy) is 4. The van der Waals surface area contributed by atoms with Gasteiger partial charge in [-0.2, -0.15) is 0 Å². The Morgan fingerprint density at radius 1 is 1.15 bits per heavy atom. The Morgan fingerprint density at radius 3 is 2.66 bits per heavy atom. The molecule has 4 aliphatic carbocycles. The van der Waals surface area contributed by atoms with E-state index in [4.69, 9.17) is 18.9 Å². The molecule has 0 spiro atoms. The minimum Gasteiger partial charge on any atom is -0.479 e. The number of carbonyl (C=O) groups is 3. The molecule has 0 aromatic heterocycles. The monoisotopic (exact) mass is 574 g/mol. The molecular weight excluding hydrogens is 532 g/mol. The maximum atomic E-state index is 14.3. The number of carboxylic acid groups (broad SMARTS) is 1. The van der Waals surface area contributed by atoms with E-state index in [0.29, 0.717) is 19.3 Å². The molecule has 0 radical (unpaired) electrons. The summed E-state index contributed by atoms with van der Waals surface area (Å²) in [5.74, 6) is -1.46. The van der Waals surface area contributed by atoms with Gasteiger partial charge in [0, 0.05) is 29.6 Å². The van der Waals surface area contributed by atoms with Gasteiger partial charge in [0.15, 0.2) is 35.9 Å². The lowest BCUT2D eigenvalue weighted by molar-refractivity contribution is -0.229. The Morgan fingerprint density at radius 2 is 1.93 bits per heavy atom. The predicted octanol–water partition coefficient (Wildman–Crippen LogP) is 2.69. The third kappa shape index (κ3) is 4.40. The minimum atomic E-state index is -1.33. The SMILES string of the molecule is CCCC1OC2CC3C4CCC5=CC(=O)C=CC5(C)C4C(O)CC3(C)C2(C(=O)COC2CC(O)CC(C(=O)O)O2)O1. The lowest BCUT2D eigenvalue weighted by atomic mass is 9.46. The predicted molar refractivity (Wildman–Crippen MR) is 143 cm³/mol. The van der Waals surface area contributed by atoms with Crippen LogP contribution in [0.5, 0.6) is 0 Å². The summed E-state index contributed by atoms with van der Waals surface area (Å²) in [5, 5.41) is 31.4. The Bertz CT molecular complexity index is 1160. The molecule has 10 heteroatoms. The van der Waals surface area contributed by atoms with Crippen molar-refractivity contribution in [1.29, 1.82) is 0 Å². The maximum Gasteiger partial charge on any atom is 0.333 e. The second kappa shape index (κ2) is 10.3. The molecule has 2 saturated heterocycles. The fourth-order valence-electron chi connectivity index (χ4n) is 9.41. The Hall–Kier alpha value is -1.95. The van der Waals surface area contributed by atoms with Gasteiger partial charge in [-0.1, -0.05) is 38.8 Å². The van der Waals surface area contributed by atoms with Crippen molar-refractivity contribution in [2.75, 3.05) is 6.61 Å². The molecule has 12 atom stereocenters. The van der Waals surface area contributed by atoms with Gasteiger partial charge in [0.05, 0.1) is 18.3 Å². The Kier molecular flexibility index (Phi) is 7.35. The molecule has 6 aliphatic rings. The van der Waals surface area contributed by atoms with Crippen LogP contribution in [-0.4, -0.2) is 82.1 Å². The topological polar surface area (TPSA) is 149 Å². The maximum absolute atomic E-state index is 14.3. The molecule has 5 fully saturated rings. The van der Waals surface area contributed by atoms with Crippen LogP contribution in [0.4, 0.5) is 0 Å². The van der Waals surface area contributed by atoms with Crippen molar-refractivity contribution < 1.29 is 48.7 Å². The van der Waals surface area contributed by atoms with Gasteiger partial charge in [0.1, 0.15) is 6.61 Å². The number of hydrogen-bond acceptors (Lipinski definition) is 9. The van der Waals surface area contributed by atoms with Gasteiger partial charge in [-0.25, -0.2) is 4.79 Å². The van der Waals surface area contributed by atoms with Crippen LogP contribution in [0.25, 0.3) is 0 Å². The summed E-state index contributed by atoms with van der Waals surface area (Å²) in [6.07, 6.45) is 4.36. The summed E-state index contributed by atoms with van der Waals surface area (Å²) in [4.78, 5) is 37.9. The van der Waals surface area contributed by atoms with E-state index in [-0.39, 0.29) is 48.8 Å². The van der Waals surface area contributed by atoms with Crippen molar-refractivity contribution in [2.24, 2.45) is 28.6 Å². The van der Waals surface area contributed by atoms with Gasteiger partial charge >= 0.3 is 5.97 Å². The molecule has 0 amide bonds. The number of carboxylic acids is 1. The number of Topliss-reactive ketones (excluding diaryl/α,β-unsaturated/α-hetero) is 1. The largest absolute Gasteiger partial charge is 0.479 e. The van der Waals surface area contributed by atoms with Crippen molar-refractivity contribution in [1.82, 2.24) is 0 Å². The second-order valence-electron chi connectivity index (χ2n) is 13.4. The number of aliphatic hydroxyl groups is 2. The first-order chi connectivity index (χ1) is 19.4. The van der Waals surface area contributed by atoms with Crippen molar-refractivity contribution >= 4 is 17.5 Å². The number of aliphatic carboxylic acids is 1. The molecule has 0 aromatic rings. The van der Waals surface area contributed by atoms with Crippen LogP contribution in [-0.2, 0) is 33.3 Å². The standard InChI is InChI=1S/C31H42O10/c1-4-5-25-40-24-13-20-19-7-6-16-10-17(32)8-9-29(16,2)27(19)21(34)14-30(20,3)31(24,41-25)23(35)15-38-26-12-18(33)11-22(39-26)28(36)37/h8-10,18-22,24-27,33-34H,4-7,11-15H2,1-3H3,(H,36,37). The number of carbonyl (C=O) groups excluding carboxylic acids is 2. The first-order valence-electron chi connectivity index (χ1n) is 15.1. The van der Waals surface area contributed by atoms with Gasteiger partial charge in [-0.15, -0.1) is 0 Å². The van der Waals surface area contributed by atoms with Crippen LogP contribution in [0.3, 0.4) is 0 Å². The number of allylic oxidation sites excluding steroid dienone is 4. The zero-order valence-corrected chi connectivity index (χ0v) is 24.0. The molecular formula is C31H42O10. The molecule has 12 unspecified atom stereocenters. The van der Waals surface area contributed by atoms with E-state index in [1.807, 2.05) is 19.9 Å². The van der Waals surface area contributed by atoms with Gasteiger partial charge in [-0.05, 0) is 56.1 Å². The van der Waals surface area contributed by atoms with E-state index in [0.717, 1.165) is 24.8 Å². The van der Waals surface area contributed by atoms with Crippen molar-refractivity contribution in [2.45, 2.75) is 115 Å². The summed E-state index contributed by atoms with van der Waals surface area (Å²) in [5.41, 5.74) is -1.43. The Balaban J connectivity index is 1.29. The lowest BCUT2D eigenvalue weighted by Gasteiger charge is -2.59. The van der Waals surface area contributed by atoms with E-state index < -0.39 is 59.4 Å². The molecule has 0 aromatic carbocycles. The van der Waals surface area contributed by atoms with Gasteiger partial charge < -0.3 is 34.3 Å². The van der Waals surface area contributed by atoms with E-state index in [2.05, 4.69) is 6.92 Å². The van der Waals surface area contributed by atoms with Crippen LogP contribution >= 0.6 is 0 Å². The van der Waals surface area contributed by atoms with Crippen LogP contribution < -0.4 is 0 Å². The first-order valence-corrected chi connectivity index (χ1v) is 15.1. The number of hydrogen-bond donors (Lipinski definition) is 3. The van der Waals surface area contributed by atoms with Gasteiger partial charge in [0.2, 0.25) is 0 Å². The van der Waals surface area contributed by atoms with Crippen LogP contribution in [0.15, 0.2) is 23.8 Å². The summed E-state index contributed by atoms with van der Waals surface area (Å²) in [6, 6.07) is 0. The molecule has 2 aliphatic heterocycles. The molecule has 0 bridgehead atoms. The summed E-state index contributed by atoms with van der Waals surface area (Å²) >= 11 is 0. The molecule has 6 rings (SSSR count). The molecule has 41 heavy (non-hydrogen) atoms. The number of aliphatic hydroxyl groups excluding tert-OH is 2. The zero-order chi connectivity index (χ0) is 29.3. The zero-order valence-electron chi connectivity index (χ0n) is 24.0. The smallest absolute Gasteiger partial charge is 0.333 e. The van der Waals surface area contributed by atoms with Crippen LogP contribution in [0.2, 0.25) is 0 Å². The van der Waals surface area contributed by atoms with Gasteiger partial charge in [0.25, 0.3) is 0 Å². The normalized spacial score (nSPS) is 48.6. The molecule has 3 saturated carbocycles. The van der Waals surface area contributed by atoms with Gasteiger partial charge in [-0.3, -0.25) is 9.59 Å². The molecule has 2 heterocycles.